The molecule has 4 nitrogen and oxygen atoms in total. The van der Waals surface area contributed by atoms with Crippen LogP contribution in [0.15, 0.2) is 0 Å². The summed E-state index contributed by atoms with van der Waals surface area (Å²) >= 11 is 1.51. The maximum absolute atomic E-state index is 11.3. The molecule has 1 amide bonds. The normalized spacial score (nSPS) is 28.7. The Morgan fingerprint density at radius 1 is 1.31 bits per heavy atom. The summed E-state index contributed by atoms with van der Waals surface area (Å²) in [6.45, 7) is 4.82. The molecule has 1 saturated heterocycles. The van der Waals surface area contributed by atoms with Gasteiger partial charge in [0.1, 0.15) is 0 Å². The Labute approximate surface area is 90.7 Å². The van der Waals surface area contributed by atoms with Gasteiger partial charge in [0.25, 0.3) is 3.79 Å². The molecule has 74 valence electrons. The minimum atomic E-state index is -0.432. The van der Waals surface area contributed by atoms with Gasteiger partial charge < -0.3 is 9.64 Å². The van der Waals surface area contributed by atoms with Gasteiger partial charge in [-0.2, -0.15) is 0 Å². The van der Waals surface area contributed by atoms with E-state index in [0.717, 1.165) is 0 Å². The quantitative estimate of drug-likeness (QED) is 0.404. The number of nitrogens with zero attached hydrogens (tertiary/aromatic N) is 1. The Morgan fingerprint density at radius 3 is 2.15 bits per heavy atom. The van der Waals surface area contributed by atoms with Gasteiger partial charge in [0.2, 0.25) is 0 Å². The van der Waals surface area contributed by atoms with Crippen LogP contribution >= 0.6 is 22.6 Å². The van der Waals surface area contributed by atoms with Crippen molar-refractivity contribution in [1.29, 1.82) is 0 Å². The largest absolute Gasteiger partial charge is 0.372 e. The summed E-state index contributed by atoms with van der Waals surface area (Å²) in [5.41, 5.74) is 0. The van der Waals surface area contributed by atoms with Crippen LogP contribution in [0.5, 0.6) is 0 Å². The van der Waals surface area contributed by atoms with E-state index in [0.29, 0.717) is 13.1 Å². The zero-order chi connectivity index (χ0) is 10.0. The summed E-state index contributed by atoms with van der Waals surface area (Å²) in [7, 11) is 0. The number of amides is 1. The highest BCUT2D eigenvalue weighted by atomic mass is 127. The topological polar surface area (TPSA) is 46.6 Å². The number of carbonyl (C=O) groups is 2. The average molecular weight is 297 g/mol. The maximum atomic E-state index is 11.3. The molecule has 5 heteroatoms. The van der Waals surface area contributed by atoms with Gasteiger partial charge in [-0.05, 0) is 13.8 Å². The van der Waals surface area contributed by atoms with Crippen molar-refractivity contribution in [2.45, 2.75) is 26.1 Å². The molecule has 0 aromatic heterocycles. The number of hydrogen-bond donors (Lipinski definition) is 0. The lowest BCUT2D eigenvalue weighted by molar-refractivity contribution is -0.148. The van der Waals surface area contributed by atoms with Crippen molar-refractivity contribution >= 4 is 32.3 Å². The fraction of sp³-hybridized carbons (Fsp3) is 0.750. The van der Waals surface area contributed by atoms with E-state index in [2.05, 4.69) is 0 Å². The van der Waals surface area contributed by atoms with Crippen molar-refractivity contribution in [1.82, 2.24) is 4.90 Å². The molecule has 1 aliphatic heterocycles. The molecule has 13 heavy (non-hydrogen) atoms. The molecule has 0 spiro atoms. The van der Waals surface area contributed by atoms with Gasteiger partial charge >= 0.3 is 5.91 Å². The first-order valence-corrected chi connectivity index (χ1v) is 5.22. The number of carbonyl (C=O) groups excluding carboxylic acids is 2. The van der Waals surface area contributed by atoms with Crippen LogP contribution in [0.4, 0.5) is 0 Å². The van der Waals surface area contributed by atoms with Crippen LogP contribution < -0.4 is 0 Å². The lowest BCUT2D eigenvalue weighted by Crippen LogP contribution is -2.49. The van der Waals surface area contributed by atoms with E-state index in [-0.39, 0.29) is 12.2 Å². The zero-order valence-electron chi connectivity index (χ0n) is 7.62. The summed E-state index contributed by atoms with van der Waals surface area (Å²) in [4.78, 5) is 23.7. The molecule has 0 saturated carbocycles. The molecule has 2 atom stereocenters. The van der Waals surface area contributed by atoms with Crippen molar-refractivity contribution in [3.63, 3.8) is 0 Å². The molecule has 1 heterocycles. The predicted octanol–water partition coefficient (Wildman–Crippen LogP) is 0.584. The molecule has 1 aliphatic rings. The Hall–Kier alpha value is -0.170. The van der Waals surface area contributed by atoms with Gasteiger partial charge in [-0.1, -0.05) is 0 Å². The number of halogens is 1. The van der Waals surface area contributed by atoms with Crippen LogP contribution in [0.1, 0.15) is 13.8 Å². The molecule has 0 aliphatic carbocycles. The van der Waals surface area contributed by atoms with Crippen molar-refractivity contribution in [2.24, 2.45) is 0 Å². The highest BCUT2D eigenvalue weighted by Crippen LogP contribution is 2.11. The second-order valence-corrected chi connectivity index (χ2v) is 4.22. The van der Waals surface area contributed by atoms with Crippen LogP contribution in [0.3, 0.4) is 0 Å². The van der Waals surface area contributed by atoms with E-state index in [1.165, 1.54) is 22.6 Å². The molecule has 1 fully saturated rings. The van der Waals surface area contributed by atoms with Crippen LogP contribution in [0, 0.1) is 0 Å². The Bertz CT molecular complexity index is 221. The van der Waals surface area contributed by atoms with Gasteiger partial charge in [-0.25, -0.2) is 0 Å². The Morgan fingerprint density at radius 2 is 1.77 bits per heavy atom. The van der Waals surface area contributed by atoms with Gasteiger partial charge in [-0.3, -0.25) is 9.59 Å². The van der Waals surface area contributed by atoms with E-state index < -0.39 is 9.70 Å². The lowest BCUT2D eigenvalue weighted by Gasteiger charge is -2.34. The molecule has 1 rings (SSSR count). The van der Waals surface area contributed by atoms with Gasteiger partial charge in [0.15, 0.2) is 0 Å². The molecule has 0 aromatic carbocycles. The second kappa shape index (κ2) is 4.36. The average Bonchev–Trinajstić information content (AvgIpc) is 2.01. The van der Waals surface area contributed by atoms with Crippen LogP contribution in [-0.2, 0) is 14.3 Å². The highest BCUT2D eigenvalue weighted by Gasteiger charge is 2.28. The van der Waals surface area contributed by atoms with Crippen molar-refractivity contribution in [2.75, 3.05) is 13.1 Å². The van der Waals surface area contributed by atoms with Crippen molar-refractivity contribution < 1.29 is 14.3 Å². The summed E-state index contributed by atoms with van der Waals surface area (Å²) in [5, 5.41) is 0. The lowest BCUT2D eigenvalue weighted by atomic mass is 10.2. The number of rotatable bonds is 1. The first-order valence-electron chi connectivity index (χ1n) is 4.15. The van der Waals surface area contributed by atoms with Crippen molar-refractivity contribution in [3.8, 4) is 0 Å². The SMILES string of the molecule is C[C@@H]1CN(C(=O)C(=O)I)C[C@H](C)O1. The molecule has 0 aromatic rings. The monoisotopic (exact) mass is 297 g/mol. The van der Waals surface area contributed by atoms with Crippen LogP contribution in [0.25, 0.3) is 0 Å². The smallest absolute Gasteiger partial charge is 0.300 e. The third-order valence-corrected chi connectivity index (χ3v) is 2.34. The van der Waals surface area contributed by atoms with E-state index in [9.17, 15) is 9.59 Å². The summed E-state index contributed by atoms with van der Waals surface area (Å²) in [6, 6.07) is 0. The van der Waals surface area contributed by atoms with Gasteiger partial charge in [-0.15, -0.1) is 0 Å². The first kappa shape index (κ1) is 10.9. The zero-order valence-corrected chi connectivity index (χ0v) is 9.78. The van der Waals surface area contributed by atoms with Crippen LogP contribution in [-0.4, -0.2) is 39.9 Å². The Balaban J connectivity index is 2.60. The van der Waals surface area contributed by atoms with Crippen LogP contribution in [0.2, 0.25) is 0 Å². The Kier molecular flexibility index (Phi) is 3.66. The van der Waals surface area contributed by atoms with Gasteiger partial charge in [0.05, 0.1) is 12.2 Å². The standard InChI is InChI=1S/C8H12INO3/c1-5-3-10(4-6(2)13-5)8(12)7(9)11/h5-6H,3-4H2,1-2H3/t5-,6+. The first-order chi connectivity index (χ1) is 6.00. The summed E-state index contributed by atoms with van der Waals surface area (Å²) in [5.74, 6) is -0.414. The van der Waals surface area contributed by atoms with E-state index in [1.807, 2.05) is 13.8 Å². The predicted molar refractivity (Wildman–Crippen MR) is 55.6 cm³/mol. The third-order valence-electron chi connectivity index (χ3n) is 1.87. The molecule has 0 N–H and O–H groups in total. The molecule has 0 bridgehead atoms. The third kappa shape index (κ3) is 2.91. The molecule has 0 unspecified atom stereocenters. The molecular weight excluding hydrogens is 285 g/mol. The minimum Gasteiger partial charge on any atom is -0.372 e. The minimum absolute atomic E-state index is 0.0171. The fourth-order valence-electron chi connectivity index (χ4n) is 1.47. The fourth-order valence-corrected chi connectivity index (χ4v) is 1.81. The van der Waals surface area contributed by atoms with E-state index in [1.54, 1.807) is 4.90 Å². The second-order valence-electron chi connectivity index (χ2n) is 3.24. The molecular formula is C8H12INO3. The maximum Gasteiger partial charge on any atom is 0.300 e. The van der Waals surface area contributed by atoms with E-state index >= 15 is 0 Å². The number of morpholine rings is 1. The van der Waals surface area contributed by atoms with Gasteiger partial charge in [0, 0.05) is 35.7 Å². The molecule has 0 radical (unpaired) electrons. The van der Waals surface area contributed by atoms with E-state index in [4.69, 9.17) is 4.74 Å². The van der Waals surface area contributed by atoms with Crippen molar-refractivity contribution in [3.05, 3.63) is 0 Å². The number of hydrogen-bond acceptors (Lipinski definition) is 3. The summed E-state index contributed by atoms with van der Waals surface area (Å²) in [6.07, 6.45) is 0.0342. The highest BCUT2D eigenvalue weighted by molar-refractivity contribution is 14.1. The number of ether oxygens (including phenoxy) is 1. The summed E-state index contributed by atoms with van der Waals surface area (Å²) < 4.78 is 5.01.